The van der Waals surface area contributed by atoms with Gasteiger partial charge in [-0.2, -0.15) is 0 Å². The minimum absolute atomic E-state index is 0.0579. The Morgan fingerprint density at radius 1 is 1.55 bits per heavy atom. The molecule has 11 heavy (non-hydrogen) atoms. The van der Waals surface area contributed by atoms with Crippen LogP contribution in [0.15, 0.2) is 11.6 Å². The Labute approximate surface area is 71.5 Å². The van der Waals surface area contributed by atoms with Gasteiger partial charge in [0.25, 0.3) is 0 Å². The molecule has 0 spiro atoms. The number of nitrogens with two attached hydrogens (primary N) is 1. The van der Waals surface area contributed by atoms with Crippen LogP contribution in [0.1, 0.15) is 31.8 Å². The lowest BCUT2D eigenvalue weighted by Gasteiger charge is -2.24. The number of nitrogens with zero attached hydrogens (tertiary/aromatic N) is 1. The van der Waals surface area contributed by atoms with E-state index in [1.54, 1.807) is 17.5 Å². The normalized spacial score (nSPS) is 14.9. The highest BCUT2D eigenvalue weighted by Crippen LogP contribution is 2.30. The standard InChI is InChI=1S/C8H14N2S/c1-8(2,3)6(9)7-10-4-5-11-7/h4-6H,9H2,1-3H3/t6-/m1/s1. The van der Waals surface area contributed by atoms with E-state index in [0.717, 1.165) is 5.01 Å². The molecule has 0 aliphatic rings. The molecule has 2 nitrogen and oxygen atoms in total. The van der Waals surface area contributed by atoms with Crippen molar-refractivity contribution in [1.29, 1.82) is 0 Å². The molecule has 62 valence electrons. The van der Waals surface area contributed by atoms with Crippen LogP contribution in [0.25, 0.3) is 0 Å². The third-order valence-corrected chi connectivity index (χ3v) is 2.51. The second kappa shape index (κ2) is 2.91. The predicted molar refractivity (Wildman–Crippen MR) is 48.5 cm³/mol. The molecule has 1 rings (SSSR count). The lowest BCUT2D eigenvalue weighted by atomic mass is 9.88. The summed E-state index contributed by atoms with van der Waals surface area (Å²) in [6, 6.07) is 0.0579. The van der Waals surface area contributed by atoms with E-state index in [0.29, 0.717) is 0 Å². The summed E-state index contributed by atoms with van der Waals surface area (Å²) in [4.78, 5) is 4.18. The van der Waals surface area contributed by atoms with E-state index in [4.69, 9.17) is 5.73 Å². The zero-order valence-electron chi connectivity index (χ0n) is 7.16. The summed E-state index contributed by atoms with van der Waals surface area (Å²) < 4.78 is 0. The third-order valence-electron chi connectivity index (χ3n) is 1.65. The molecule has 0 aliphatic heterocycles. The van der Waals surface area contributed by atoms with Gasteiger partial charge in [0.2, 0.25) is 0 Å². The predicted octanol–water partition coefficient (Wildman–Crippen LogP) is 2.19. The van der Waals surface area contributed by atoms with Crippen LogP contribution in [0.4, 0.5) is 0 Å². The maximum atomic E-state index is 5.96. The van der Waals surface area contributed by atoms with Gasteiger partial charge < -0.3 is 5.73 Å². The molecule has 0 saturated carbocycles. The van der Waals surface area contributed by atoms with Crippen molar-refractivity contribution in [3.05, 3.63) is 16.6 Å². The Kier molecular flexibility index (Phi) is 2.30. The summed E-state index contributed by atoms with van der Waals surface area (Å²) in [5.74, 6) is 0. The van der Waals surface area contributed by atoms with Crippen molar-refractivity contribution in [3.8, 4) is 0 Å². The van der Waals surface area contributed by atoms with Gasteiger partial charge in [-0.3, -0.25) is 0 Å². The van der Waals surface area contributed by atoms with Crippen LogP contribution in [0.2, 0.25) is 0 Å². The zero-order chi connectivity index (χ0) is 8.48. The monoisotopic (exact) mass is 170 g/mol. The second-order valence-corrected chi connectivity index (χ2v) is 4.64. The van der Waals surface area contributed by atoms with Crippen LogP contribution in [0, 0.1) is 5.41 Å². The van der Waals surface area contributed by atoms with E-state index in [9.17, 15) is 0 Å². The van der Waals surface area contributed by atoms with Crippen molar-refractivity contribution in [1.82, 2.24) is 4.98 Å². The molecule has 0 aliphatic carbocycles. The summed E-state index contributed by atoms with van der Waals surface area (Å²) in [6.07, 6.45) is 1.80. The van der Waals surface area contributed by atoms with E-state index in [1.165, 1.54) is 0 Å². The molecule has 1 heterocycles. The molecule has 0 radical (unpaired) electrons. The Balaban J connectivity index is 2.78. The molecule has 0 unspecified atom stereocenters. The molecule has 1 aromatic rings. The average Bonchev–Trinajstić information content (AvgIpc) is 2.34. The molecule has 0 aromatic carbocycles. The van der Waals surface area contributed by atoms with E-state index < -0.39 is 0 Å². The molecule has 0 amide bonds. The summed E-state index contributed by atoms with van der Waals surface area (Å²) in [5, 5.41) is 2.98. The van der Waals surface area contributed by atoms with Gasteiger partial charge in [-0.15, -0.1) is 11.3 Å². The van der Waals surface area contributed by atoms with Gasteiger partial charge in [0.1, 0.15) is 5.01 Å². The highest BCUT2D eigenvalue weighted by atomic mass is 32.1. The van der Waals surface area contributed by atoms with E-state index in [-0.39, 0.29) is 11.5 Å². The Hall–Kier alpha value is -0.410. The van der Waals surface area contributed by atoms with Crippen LogP contribution in [0.5, 0.6) is 0 Å². The van der Waals surface area contributed by atoms with E-state index in [2.05, 4.69) is 25.8 Å². The topological polar surface area (TPSA) is 38.9 Å². The molecular formula is C8H14N2S. The summed E-state index contributed by atoms with van der Waals surface area (Å²) in [6.45, 7) is 6.37. The van der Waals surface area contributed by atoms with Gasteiger partial charge in [0, 0.05) is 11.6 Å². The fourth-order valence-corrected chi connectivity index (χ4v) is 1.64. The number of hydrogen-bond donors (Lipinski definition) is 1. The van der Waals surface area contributed by atoms with Crippen LogP contribution in [-0.4, -0.2) is 4.98 Å². The van der Waals surface area contributed by atoms with E-state index in [1.807, 2.05) is 5.38 Å². The number of aromatic nitrogens is 1. The third kappa shape index (κ3) is 2.01. The SMILES string of the molecule is CC(C)(C)[C@H](N)c1nccs1. The molecular weight excluding hydrogens is 156 g/mol. The van der Waals surface area contributed by atoms with Gasteiger partial charge in [-0.25, -0.2) is 4.98 Å². The molecule has 3 heteroatoms. The quantitative estimate of drug-likeness (QED) is 0.701. The van der Waals surface area contributed by atoms with Gasteiger partial charge >= 0.3 is 0 Å². The van der Waals surface area contributed by atoms with Crippen molar-refractivity contribution < 1.29 is 0 Å². The fraction of sp³-hybridized carbons (Fsp3) is 0.625. The lowest BCUT2D eigenvalue weighted by Crippen LogP contribution is -2.25. The summed E-state index contributed by atoms with van der Waals surface area (Å²) in [5.41, 5.74) is 6.07. The van der Waals surface area contributed by atoms with Gasteiger partial charge in [0.15, 0.2) is 0 Å². The first-order chi connectivity index (χ1) is 5.02. The first-order valence-corrected chi connectivity index (χ1v) is 4.55. The minimum atomic E-state index is 0.0579. The second-order valence-electron chi connectivity index (χ2n) is 3.71. The average molecular weight is 170 g/mol. The molecule has 1 atom stereocenters. The van der Waals surface area contributed by atoms with Crippen molar-refractivity contribution in [2.75, 3.05) is 0 Å². The first kappa shape index (κ1) is 8.68. The number of rotatable bonds is 1. The minimum Gasteiger partial charge on any atom is -0.322 e. The molecule has 2 N–H and O–H groups in total. The maximum absolute atomic E-state index is 5.96. The van der Waals surface area contributed by atoms with Gasteiger partial charge in [-0.05, 0) is 5.41 Å². The highest BCUT2D eigenvalue weighted by Gasteiger charge is 2.23. The molecule has 0 bridgehead atoms. The van der Waals surface area contributed by atoms with Crippen LogP contribution < -0.4 is 5.73 Å². The smallest absolute Gasteiger partial charge is 0.110 e. The van der Waals surface area contributed by atoms with Crippen LogP contribution in [0.3, 0.4) is 0 Å². The summed E-state index contributed by atoms with van der Waals surface area (Å²) >= 11 is 1.62. The van der Waals surface area contributed by atoms with Crippen LogP contribution >= 0.6 is 11.3 Å². The highest BCUT2D eigenvalue weighted by molar-refractivity contribution is 7.09. The number of thiazole rings is 1. The van der Waals surface area contributed by atoms with Gasteiger partial charge in [0.05, 0.1) is 6.04 Å². The van der Waals surface area contributed by atoms with Crippen molar-refractivity contribution in [2.45, 2.75) is 26.8 Å². The Morgan fingerprint density at radius 2 is 2.18 bits per heavy atom. The van der Waals surface area contributed by atoms with E-state index >= 15 is 0 Å². The molecule has 1 aromatic heterocycles. The Bertz CT molecular complexity index is 210. The lowest BCUT2D eigenvalue weighted by molar-refractivity contribution is 0.326. The van der Waals surface area contributed by atoms with Crippen LogP contribution in [-0.2, 0) is 0 Å². The Morgan fingerprint density at radius 3 is 2.55 bits per heavy atom. The zero-order valence-corrected chi connectivity index (χ0v) is 7.98. The summed E-state index contributed by atoms with van der Waals surface area (Å²) in [7, 11) is 0. The van der Waals surface area contributed by atoms with Gasteiger partial charge in [-0.1, -0.05) is 20.8 Å². The molecule has 0 saturated heterocycles. The van der Waals surface area contributed by atoms with Crippen molar-refractivity contribution >= 4 is 11.3 Å². The maximum Gasteiger partial charge on any atom is 0.110 e. The largest absolute Gasteiger partial charge is 0.322 e. The first-order valence-electron chi connectivity index (χ1n) is 3.67. The number of hydrogen-bond acceptors (Lipinski definition) is 3. The molecule has 0 fully saturated rings. The van der Waals surface area contributed by atoms with Crippen molar-refractivity contribution in [2.24, 2.45) is 11.1 Å². The fourth-order valence-electron chi connectivity index (χ4n) is 0.758. The van der Waals surface area contributed by atoms with Crippen molar-refractivity contribution in [3.63, 3.8) is 0 Å².